The normalized spacial score (nSPS) is 17.1. The molecule has 1 saturated heterocycles. The fourth-order valence-corrected chi connectivity index (χ4v) is 1.37. The van der Waals surface area contributed by atoms with Crippen molar-refractivity contribution in [3.63, 3.8) is 0 Å². The first kappa shape index (κ1) is 8.08. The predicted octanol–water partition coefficient (Wildman–Crippen LogP) is 2.26. The first-order chi connectivity index (χ1) is 5.84. The number of halogens is 1. The Kier molecular flexibility index (Phi) is 2.33. The van der Waals surface area contributed by atoms with Gasteiger partial charge in [-0.1, -0.05) is 15.9 Å². The molecule has 0 spiro atoms. The maximum atomic E-state index is 5.06. The molecule has 0 aliphatic carbocycles. The van der Waals surface area contributed by atoms with Crippen LogP contribution < -0.4 is 5.32 Å². The zero-order chi connectivity index (χ0) is 8.39. The van der Waals surface area contributed by atoms with Crippen molar-refractivity contribution in [1.82, 2.24) is 0 Å². The minimum absolute atomic E-state index is 0.506. The molecular weight excluding hydrogens is 218 g/mol. The maximum absolute atomic E-state index is 5.06. The summed E-state index contributed by atoms with van der Waals surface area (Å²) in [6.07, 6.45) is 0. The summed E-state index contributed by atoms with van der Waals surface area (Å²) in [6.45, 7) is 1.66. The fourth-order valence-electron chi connectivity index (χ4n) is 1.10. The highest BCUT2D eigenvalue weighted by atomic mass is 79.9. The molecule has 0 aromatic heterocycles. The summed E-state index contributed by atoms with van der Waals surface area (Å²) in [5.41, 5.74) is 1.16. The van der Waals surface area contributed by atoms with E-state index in [9.17, 15) is 0 Å². The van der Waals surface area contributed by atoms with Gasteiger partial charge in [0.2, 0.25) is 0 Å². The number of rotatable bonds is 2. The topological polar surface area (TPSA) is 21.3 Å². The van der Waals surface area contributed by atoms with Gasteiger partial charge in [0.15, 0.2) is 0 Å². The molecule has 64 valence electrons. The SMILES string of the molecule is Brc1ccc(NC2COC2)cc1. The lowest BCUT2D eigenvalue weighted by Crippen LogP contribution is -2.40. The van der Waals surface area contributed by atoms with Crippen LogP contribution in [0.3, 0.4) is 0 Å². The van der Waals surface area contributed by atoms with Gasteiger partial charge >= 0.3 is 0 Å². The molecule has 0 unspecified atom stereocenters. The molecule has 1 aromatic rings. The Morgan fingerprint density at radius 3 is 2.42 bits per heavy atom. The molecule has 1 aliphatic rings. The minimum Gasteiger partial charge on any atom is -0.378 e. The second-order valence-electron chi connectivity index (χ2n) is 2.89. The van der Waals surface area contributed by atoms with Crippen LogP contribution >= 0.6 is 15.9 Å². The van der Waals surface area contributed by atoms with E-state index in [2.05, 4.69) is 33.4 Å². The summed E-state index contributed by atoms with van der Waals surface area (Å²) in [7, 11) is 0. The van der Waals surface area contributed by atoms with Crippen molar-refractivity contribution in [3.8, 4) is 0 Å². The Labute approximate surface area is 80.1 Å². The molecule has 0 saturated carbocycles. The van der Waals surface area contributed by atoms with Gasteiger partial charge in [0.05, 0.1) is 19.3 Å². The third-order valence-corrected chi connectivity index (χ3v) is 2.38. The Morgan fingerprint density at radius 2 is 1.92 bits per heavy atom. The number of anilines is 1. The second kappa shape index (κ2) is 3.46. The van der Waals surface area contributed by atoms with Crippen LogP contribution in [0.25, 0.3) is 0 Å². The molecular formula is C9H10BrNO. The van der Waals surface area contributed by atoms with Crippen LogP contribution in [0.5, 0.6) is 0 Å². The number of hydrogen-bond acceptors (Lipinski definition) is 2. The molecule has 1 aliphatic heterocycles. The smallest absolute Gasteiger partial charge is 0.0728 e. The van der Waals surface area contributed by atoms with Gasteiger partial charge in [0.1, 0.15) is 0 Å². The zero-order valence-corrected chi connectivity index (χ0v) is 8.17. The number of ether oxygens (including phenoxy) is 1. The highest BCUT2D eigenvalue weighted by Gasteiger charge is 2.17. The van der Waals surface area contributed by atoms with Gasteiger partial charge in [-0.05, 0) is 24.3 Å². The average Bonchev–Trinajstić information content (AvgIpc) is 2.00. The molecule has 1 fully saturated rings. The van der Waals surface area contributed by atoms with E-state index < -0.39 is 0 Å². The van der Waals surface area contributed by atoms with E-state index in [1.54, 1.807) is 0 Å². The van der Waals surface area contributed by atoms with Crippen LogP contribution in [-0.2, 0) is 4.74 Å². The van der Waals surface area contributed by atoms with Crippen LogP contribution in [0.15, 0.2) is 28.7 Å². The van der Waals surface area contributed by atoms with Crippen molar-refractivity contribution < 1.29 is 4.74 Å². The van der Waals surface area contributed by atoms with E-state index >= 15 is 0 Å². The van der Waals surface area contributed by atoms with Crippen molar-refractivity contribution in [3.05, 3.63) is 28.7 Å². The van der Waals surface area contributed by atoms with Crippen molar-refractivity contribution in [2.24, 2.45) is 0 Å². The van der Waals surface area contributed by atoms with Gasteiger partial charge in [-0.3, -0.25) is 0 Å². The highest BCUT2D eigenvalue weighted by Crippen LogP contribution is 2.16. The van der Waals surface area contributed by atoms with Gasteiger partial charge in [0.25, 0.3) is 0 Å². The lowest BCUT2D eigenvalue weighted by molar-refractivity contribution is 0.0211. The summed E-state index contributed by atoms with van der Waals surface area (Å²) in [4.78, 5) is 0. The van der Waals surface area contributed by atoms with E-state index in [1.807, 2.05) is 12.1 Å². The summed E-state index contributed by atoms with van der Waals surface area (Å²) in [6, 6.07) is 8.68. The van der Waals surface area contributed by atoms with Crippen molar-refractivity contribution in [2.45, 2.75) is 6.04 Å². The van der Waals surface area contributed by atoms with E-state index in [1.165, 1.54) is 0 Å². The molecule has 0 bridgehead atoms. The highest BCUT2D eigenvalue weighted by molar-refractivity contribution is 9.10. The average molecular weight is 228 g/mol. The largest absolute Gasteiger partial charge is 0.378 e. The molecule has 0 atom stereocenters. The summed E-state index contributed by atoms with van der Waals surface area (Å²) in [5.74, 6) is 0. The van der Waals surface area contributed by atoms with E-state index in [4.69, 9.17) is 4.74 Å². The third kappa shape index (κ3) is 1.79. The first-order valence-electron chi connectivity index (χ1n) is 3.94. The molecule has 2 nitrogen and oxygen atoms in total. The van der Waals surface area contributed by atoms with Gasteiger partial charge in [-0.15, -0.1) is 0 Å². The Hall–Kier alpha value is -0.540. The van der Waals surface area contributed by atoms with Crippen molar-refractivity contribution in [1.29, 1.82) is 0 Å². The molecule has 12 heavy (non-hydrogen) atoms. The van der Waals surface area contributed by atoms with Gasteiger partial charge in [-0.25, -0.2) is 0 Å². The molecule has 3 heteroatoms. The van der Waals surface area contributed by atoms with E-state index in [0.717, 1.165) is 23.4 Å². The minimum atomic E-state index is 0.506. The lowest BCUT2D eigenvalue weighted by Gasteiger charge is -2.27. The molecule has 1 heterocycles. The van der Waals surface area contributed by atoms with Crippen LogP contribution in [0.2, 0.25) is 0 Å². The summed E-state index contributed by atoms with van der Waals surface area (Å²) < 4.78 is 6.17. The molecule has 2 rings (SSSR count). The second-order valence-corrected chi connectivity index (χ2v) is 3.80. The fraction of sp³-hybridized carbons (Fsp3) is 0.333. The van der Waals surface area contributed by atoms with Gasteiger partial charge in [0, 0.05) is 10.2 Å². The Balaban J connectivity index is 1.98. The van der Waals surface area contributed by atoms with Crippen LogP contribution in [-0.4, -0.2) is 19.3 Å². The third-order valence-electron chi connectivity index (χ3n) is 1.85. The summed E-state index contributed by atoms with van der Waals surface area (Å²) in [5, 5.41) is 3.36. The van der Waals surface area contributed by atoms with E-state index in [0.29, 0.717) is 6.04 Å². The Morgan fingerprint density at radius 1 is 1.25 bits per heavy atom. The lowest BCUT2D eigenvalue weighted by atomic mass is 10.2. The standard InChI is InChI=1S/C9H10BrNO/c10-7-1-3-8(4-2-7)11-9-5-12-6-9/h1-4,9,11H,5-6H2. The van der Waals surface area contributed by atoms with Gasteiger partial charge in [-0.2, -0.15) is 0 Å². The molecule has 0 amide bonds. The number of nitrogens with one attached hydrogen (secondary N) is 1. The first-order valence-corrected chi connectivity index (χ1v) is 4.74. The van der Waals surface area contributed by atoms with Gasteiger partial charge < -0.3 is 10.1 Å². The molecule has 0 radical (unpaired) electrons. The number of benzene rings is 1. The van der Waals surface area contributed by atoms with Crippen LogP contribution in [0.1, 0.15) is 0 Å². The van der Waals surface area contributed by atoms with Crippen LogP contribution in [0.4, 0.5) is 5.69 Å². The molecule has 1 aromatic carbocycles. The Bertz CT molecular complexity index is 256. The van der Waals surface area contributed by atoms with Crippen LogP contribution in [0, 0.1) is 0 Å². The maximum Gasteiger partial charge on any atom is 0.0728 e. The van der Waals surface area contributed by atoms with Crippen molar-refractivity contribution >= 4 is 21.6 Å². The summed E-state index contributed by atoms with van der Waals surface area (Å²) >= 11 is 3.39. The zero-order valence-electron chi connectivity index (χ0n) is 6.59. The van der Waals surface area contributed by atoms with E-state index in [-0.39, 0.29) is 0 Å². The predicted molar refractivity (Wildman–Crippen MR) is 52.4 cm³/mol. The van der Waals surface area contributed by atoms with Crippen molar-refractivity contribution in [2.75, 3.05) is 18.5 Å². The quantitative estimate of drug-likeness (QED) is 0.838. The number of hydrogen-bond donors (Lipinski definition) is 1. The molecule has 1 N–H and O–H groups in total. The monoisotopic (exact) mass is 227 g/mol.